The maximum absolute atomic E-state index is 12.7. The second-order valence-electron chi connectivity index (χ2n) is 3.66. The second-order valence-corrected chi connectivity index (χ2v) is 4.10. The van der Waals surface area contributed by atoms with E-state index in [1.54, 1.807) is 37.3 Å². The molecule has 0 amide bonds. The van der Waals surface area contributed by atoms with Gasteiger partial charge in [-0.2, -0.15) is 18.3 Å². The molecule has 0 aromatic heterocycles. The summed E-state index contributed by atoms with van der Waals surface area (Å²) in [6, 6.07) is 8.68. The number of nitrogens with two attached hydrogens (primary N) is 1. The van der Waals surface area contributed by atoms with Crippen LogP contribution in [0.15, 0.2) is 41.5 Å². The van der Waals surface area contributed by atoms with Gasteiger partial charge in [-0.25, -0.2) is 0 Å². The van der Waals surface area contributed by atoms with Crippen LogP contribution in [0.25, 0.3) is 5.57 Å². The van der Waals surface area contributed by atoms with Crippen molar-refractivity contribution >= 4 is 28.6 Å². The molecule has 1 aromatic carbocycles. The molecule has 1 rings (SSSR count). The molecule has 0 saturated carbocycles. The van der Waals surface area contributed by atoms with E-state index in [1.807, 2.05) is 5.43 Å². The lowest BCUT2D eigenvalue weighted by Crippen LogP contribution is -2.29. The maximum atomic E-state index is 12.7. The largest absolute Gasteiger partial charge is 0.435 e. The summed E-state index contributed by atoms with van der Waals surface area (Å²) >= 11 is 4.42. The van der Waals surface area contributed by atoms with Gasteiger partial charge < -0.3 is 5.73 Å². The van der Waals surface area contributed by atoms with E-state index in [0.717, 1.165) is 6.08 Å². The predicted octanol–water partition coefficient (Wildman–Crippen LogP) is 2.84. The maximum Gasteiger partial charge on any atom is 0.435 e. The molecule has 1 aromatic rings. The van der Waals surface area contributed by atoms with Crippen LogP contribution >= 0.6 is 12.2 Å². The third-order valence-corrected chi connectivity index (χ3v) is 2.25. The van der Waals surface area contributed by atoms with Crippen LogP contribution in [0, 0.1) is 0 Å². The SMILES string of the molecule is CC(=CC(=NNC(N)=S)C(F)(F)F)c1ccccc1. The number of rotatable bonds is 3. The fourth-order valence-corrected chi connectivity index (χ4v) is 1.33. The van der Waals surface area contributed by atoms with E-state index in [0.29, 0.717) is 11.1 Å². The molecule has 0 aliphatic carbocycles. The molecule has 0 bridgehead atoms. The quantitative estimate of drug-likeness (QED) is 0.510. The highest BCUT2D eigenvalue weighted by atomic mass is 32.1. The van der Waals surface area contributed by atoms with E-state index >= 15 is 0 Å². The van der Waals surface area contributed by atoms with Crippen molar-refractivity contribution in [2.75, 3.05) is 0 Å². The van der Waals surface area contributed by atoms with Crippen LogP contribution in [0.2, 0.25) is 0 Å². The molecule has 0 heterocycles. The van der Waals surface area contributed by atoms with Crippen LogP contribution in [-0.4, -0.2) is 17.0 Å². The second kappa shape index (κ2) is 6.33. The van der Waals surface area contributed by atoms with Gasteiger partial charge in [0, 0.05) is 0 Å². The van der Waals surface area contributed by atoms with Gasteiger partial charge in [-0.05, 0) is 36.4 Å². The first-order valence-electron chi connectivity index (χ1n) is 5.24. The van der Waals surface area contributed by atoms with Gasteiger partial charge in [0.05, 0.1) is 0 Å². The Bertz CT molecular complexity index is 507. The highest BCUT2D eigenvalue weighted by Crippen LogP contribution is 2.21. The molecule has 0 radical (unpaired) electrons. The average molecular weight is 287 g/mol. The van der Waals surface area contributed by atoms with Crippen LogP contribution in [-0.2, 0) is 0 Å². The topological polar surface area (TPSA) is 50.4 Å². The molecule has 0 atom stereocenters. The van der Waals surface area contributed by atoms with Crippen molar-refractivity contribution < 1.29 is 13.2 Å². The van der Waals surface area contributed by atoms with E-state index in [-0.39, 0.29) is 5.11 Å². The Morgan fingerprint density at radius 1 is 1.32 bits per heavy atom. The van der Waals surface area contributed by atoms with E-state index in [2.05, 4.69) is 17.3 Å². The Labute approximate surface area is 114 Å². The first-order valence-corrected chi connectivity index (χ1v) is 5.65. The molecule has 19 heavy (non-hydrogen) atoms. The average Bonchev–Trinajstić information content (AvgIpc) is 2.33. The summed E-state index contributed by atoms with van der Waals surface area (Å²) in [6.07, 6.45) is -3.66. The molecular formula is C12H12F3N3S. The molecule has 0 unspecified atom stereocenters. The Morgan fingerprint density at radius 2 is 1.89 bits per heavy atom. The van der Waals surface area contributed by atoms with Crippen molar-refractivity contribution in [2.24, 2.45) is 10.8 Å². The summed E-state index contributed by atoms with van der Waals surface area (Å²) in [6.45, 7) is 1.57. The van der Waals surface area contributed by atoms with E-state index in [4.69, 9.17) is 5.73 Å². The number of alkyl halides is 3. The molecule has 0 saturated heterocycles. The molecule has 0 spiro atoms. The number of thiocarbonyl (C=S) groups is 1. The summed E-state index contributed by atoms with van der Waals surface area (Å²) in [5.41, 5.74) is 7.00. The summed E-state index contributed by atoms with van der Waals surface area (Å²) in [5, 5.41) is 2.83. The highest BCUT2D eigenvalue weighted by molar-refractivity contribution is 7.80. The zero-order valence-electron chi connectivity index (χ0n) is 10.0. The molecule has 3 nitrogen and oxygen atoms in total. The highest BCUT2D eigenvalue weighted by Gasteiger charge is 2.34. The van der Waals surface area contributed by atoms with Gasteiger partial charge in [0.15, 0.2) is 10.8 Å². The number of allylic oxidation sites excluding steroid dienone is 2. The third-order valence-electron chi connectivity index (χ3n) is 2.16. The monoisotopic (exact) mass is 287 g/mol. The van der Waals surface area contributed by atoms with Gasteiger partial charge in [0.2, 0.25) is 0 Å². The molecule has 3 N–H and O–H groups in total. The van der Waals surface area contributed by atoms with Gasteiger partial charge in [-0.15, -0.1) is 0 Å². The summed E-state index contributed by atoms with van der Waals surface area (Å²) in [7, 11) is 0. The molecule has 0 aliphatic rings. The zero-order valence-corrected chi connectivity index (χ0v) is 10.8. The Hall–Kier alpha value is -1.89. The van der Waals surface area contributed by atoms with E-state index in [1.165, 1.54) is 0 Å². The number of nitrogens with one attached hydrogen (secondary N) is 1. The van der Waals surface area contributed by atoms with Gasteiger partial charge in [0.1, 0.15) is 0 Å². The Morgan fingerprint density at radius 3 is 2.37 bits per heavy atom. The van der Waals surface area contributed by atoms with Crippen molar-refractivity contribution in [2.45, 2.75) is 13.1 Å². The third kappa shape index (κ3) is 5.09. The summed E-state index contributed by atoms with van der Waals surface area (Å²) < 4.78 is 38.2. The standard InChI is InChI=1S/C12H12F3N3S/c1-8(9-5-3-2-4-6-9)7-10(12(13,14)15)17-18-11(16)19/h2-7H,1H3,(H3,16,18,19). The van der Waals surface area contributed by atoms with Crippen LogP contribution in [0.4, 0.5) is 13.2 Å². The molecular weight excluding hydrogens is 275 g/mol. The number of hydrogen-bond acceptors (Lipinski definition) is 2. The number of benzene rings is 1. The predicted molar refractivity (Wildman–Crippen MR) is 73.5 cm³/mol. The van der Waals surface area contributed by atoms with Gasteiger partial charge >= 0.3 is 6.18 Å². The van der Waals surface area contributed by atoms with Crippen molar-refractivity contribution in [3.05, 3.63) is 42.0 Å². The fraction of sp³-hybridized carbons (Fsp3) is 0.167. The van der Waals surface area contributed by atoms with Crippen LogP contribution < -0.4 is 11.2 Å². The number of nitrogens with zero attached hydrogens (tertiary/aromatic N) is 1. The number of halogens is 3. The number of hydrazone groups is 1. The van der Waals surface area contributed by atoms with E-state index in [9.17, 15) is 13.2 Å². The molecule has 102 valence electrons. The smallest absolute Gasteiger partial charge is 0.375 e. The first kappa shape index (κ1) is 15.2. The van der Waals surface area contributed by atoms with Gasteiger partial charge in [-0.1, -0.05) is 30.3 Å². The first-order chi connectivity index (χ1) is 8.80. The Balaban J connectivity index is 3.07. The van der Waals surface area contributed by atoms with Crippen LogP contribution in [0.1, 0.15) is 12.5 Å². The van der Waals surface area contributed by atoms with Crippen LogP contribution in [0.5, 0.6) is 0 Å². The van der Waals surface area contributed by atoms with Gasteiger partial charge in [0.25, 0.3) is 0 Å². The van der Waals surface area contributed by atoms with Crippen molar-refractivity contribution in [3.63, 3.8) is 0 Å². The lowest BCUT2D eigenvalue weighted by molar-refractivity contribution is -0.0579. The summed E-state index contributed by atoms with van der Waals surface area (Å²) in [5.74, 6) is 0. The minimum absolute atomic E-state index is 0.326. The van der Waals surface area contributed by atoms with Crippen molar-refractivity contribution in [1.82, 2.24) is 5.43 Å². The van der Waals surface area contributed by atoms with E-state index < -0.39 is 11.9 Å². The van der Waals surface area contributed by atoms with Crippen LogP contribution in [0.3, 0.4) is 0 Å². The van der Waals surface area contributed by atoms with Crippen molar-refractivity contribution in [1.29, 1.82) is 0 Å². The Kier molecular flexibility index (Phi) is 5.05. The lowest BCUT2D eigenvalue weighted by Gasteiger charge is -2.09. The minimum atomic E-state index is -4.59. The molecule has 0 fully saturated rings. The zero-order chi connectivity index (χ0) is 14.5. The minimum Gasteiger partial charge on any atom is -0.375 e. The molecule has 0 aliphatic heterocycles. The number of hydrogen-bond donors (Lipinski definition) is 2. The van der Waals surface area contributed by atoms with Crippen molar-refractivity contribution in [3.8, 4) is 0 Å². The normalized spacial score (nSPS) is 13.3. The van der Waals surface area contributed by atoms with Gasteiger partial charge in [-0.3, -0.25) is 5.43 Å². The summed E-state index contributed by atoms with van der Waals surface area (Å²) in [4.78, 5) is 0. The lowest BCUT2D eigenvalue weighted by atomic mass is 10.1. The molecule has 7 heteroatoms. The fourth-order valence-electron chi connectivity index (χ4n) is 1.28.